The Balaban J connectivity index is 2.18. The third kappa shape index (κ3) is 5.98. The van der Waals surface area contributed by atoms with Gasteiger partial charge in [-0.15, -0.1) is 0 Å². The van der Waals surface area contributed by atoms with E-state index in [-0.39, 0.29) is 23.6 Å². The third-order valence-corrected chi connectivity index (χ3v) is 5.83. The molecule has 0 spiro atoms. The Morgan fingerprint density at radius 2 is 1.68 bits per heavy atom. The van der Waals surface area contributed by atoms with E-state index >= 15 is 0 Å². The lowest BCUT2D eigenvalue weighted by atomic mass is 10.0. The molecule has 0 unspecified atom stereocenters. The van der Waals surface area contributed by atoms with Gasteiger partial charge in [-0.1, -0.05) is 27.7 Å². The Morgan fingerprint density at radius 3 is 2.21 bits per heavy atom. The van der Waals surface area contributed by atoms with Crippen LogP contribution in [0.3, 0.4) is 0 Å². The zero-order valence-corrected chi connectivity index (χ0v) is 20.0. The average molecular weight is 513 g/mol. The fourth-order valence-corrected chi connectivity index (χ4v) is 4.09. The highest BCUT2D eigenvalue weighted by molar-refractivity contribution is 9.11. The molecule has 6 heteroatoms. The smallest absolute Gasteiger partial charge is 0.224 e. The molecule has 1 atom stereocenters. The van der Waals surface area contributed by atoms with Gasteiger partial charge in [0.15, 0.2) is 5.75 Å². The molecule has 0 heterocycles. The van der Waals surface area contributed by atoms with E-state index in [2.05, 4.69) is 51.0 Å². The maximum absolute atomic E-state index is 12.3. The summed E-state index contributed by atoms with van der Waals surface area (Å²) in [5.41, 5.74) is 1.71. The summed E-state index contributed by atoms with van der Waals surface area (Å²) < 4.78 is 7.54. The first-order chi connectivity index (χ1) is 13.1. The summed E-state index contributed by atoms with van der Waals surface area (Å²) in [4.78, 5) is 12.3. The van der Waals surface area contributed by atoms with E-state index < -0.39 is 0 Å². The lowest BCUT2D eigenvalue weighted by Crippen LogP contribution is -2.37. The van der Waals surface area contributed by atoms with Crippen molar-refractivity contribution < 1.29 is 14.6 Å². The number of phenolic OH excluding ortho intramolecular Hbond substituents is 1. The van der Waals surface area contributed by atoms with Crippen LogP contribution < -0.4 is 10.1 Å². The van der Waals surface area contributed by atoms with Gasteiger partial charge in [0.1, 0.15) is 11.5 Å². The van der Waals surface area contributed by atoms with Crippen LogP contribution >= 0.6 is 31.9 Å². The summed E-state index contributed by atoms with van der Waals surface area (Å²) in [6.45, 7) is 10.2. The van der Waals surface area contributed by atoms with Crippen molar-refractivity contribution in [3.63, 3.8) is 0 Å². The largest absolute Gasteiger partial charge is 0.508 e. The van der Waals surface area contributed by atoms with Crippen molar-refractivity contribution in [2.24, 2.45) is 5.92 Å². The zero-order valence-electron chi connectivity index (χ0n) is 16.8. The lowest BCUT2D eigenvalue weighted by molar-refractivity contribution is -0.121. The predicted octanol–water partition coefficient (Wildman–Crippen LogP) is 6.54. The van der Waals surface area contributed by atoms with E-state index in [1.54, 1.807) is 12.1 Å². The number of aromatic hydroxyl groups is 1. The van der Waals surface area contributed by atoms with Crippen molar-refractivity contribution in [2.45, 2.75) is 53.0 Å². The number of hydrogen-bond donors (Lipinski definition) is 2. The van der Waals surface area contributed by atoms with Crippen LogP contribution in [0.2, 0.25) is 0 Å². The Hall–Kier alpha value is -1.53. The number of carbonyl (C=O) groups excluding carboxylic acids is 1. The van der Waals surface area contributed by atoms with Crippen LogP contribution in [-0.2, 0) is 11.2 Å². The Kier molecular flexibility index (Phi) is 7.96. The number of rotatable bonds is 7. The third-order valence-electron chi connectivity index (χ3n) is 4.65. The Bertz CT molecular complexity index is 827. The van der Waals surface area contributed by atoms with Gasteiger partial charge in [0.2, 0.25) is 5.91 Å². The average Bonchev–Trinajstić information content (AvgIpc) is 2.58. The molecule has 4 nitrogen and oxygen atoms in total. The van der Waals surface area contributed by atoms with Crippen LogP contribution in [0.25, 0.3) is 0 Å². The molecule has 1 amide bonds. The van der Waals surface area contributed by atoms with Crippen molar-refractivity contribution in [3.8, 4) is 17.2 Å². The number of nitrogens with one attached hydrogen (secondary N) is 1. The van der Waals surface area contributed by atoms with E-state index in [4.69, 9.17) is 4.74 Å². The number of carbonyl (C=O) groups is 1. The van der Waals surface area contributed by atoms with Gasteiger partial charge < -0.3 is 15.2 Å². The molecule has 0 fully saturated rings. The molecule has 0 radical (unpaired) electrons. The summed E-state index contributed by atoms with van der Waals surface area (Å²) in [5.74, 6) is 2.09. The van der Waals surface area contributed by atoms with Crippen LogP contribution in [0.1, 0.15) is 51.7 Å². The summed E-state index contributed by atoms with van der Waals surface area (Å²) in [5, 5.41) is 13.0. The summed E-state index contributed by atoms with van der Waals surface area (Å²) >= 11 is 7.09. The molecule has 0 aliphatic rings. The zero-order chi connectivity index (χ0) is 21.0. The van der Waals surface area contributed by atoms with Crippen LogP contribution in [0.5, 0.6) is 17.2 Å². The fraction of sp³-hybridized carbons (Fsp3) is 0.409. The van der Waals surface area contributed by atoms with E-state index in [0.717, 1.165) is 20.1 Å². The van der Waals surface area contributed by atoms with Crippen molar-refractivity contribution in [3.05, 3.63) is 50.4 Å². The van der Waals surface area contributed by atoms with Gasteiger partial charge in [-0.2, -0.15) is 0 Å². The van der Waals surface area contributed by atoms with Crippen LogP contribution in [-0.4, -0.2) is 17.1 Å². The van der Waals surface area contributed by atoms with Crippen LogP contribution in [0.4, 0.5) is 0 Å². The van der Waals surface area contributed by atoms with Gasteiger partial charge in [-0.25, -0.2) is 0 Å². The summed E-state index contributed by atoms with van der Waals surface area (Å²) in [6, 6.07) is 9.13. The maximum atomic E-state index is 12.3. The monoisotopic (exact) mass is 511 g/mol. The molecule has 2 aromatic rings. The van der Waals surface area contributed by atoms with Gasteiger partial charge in [-0.3, -0.25) is 4.79 Å². The Labute approximate surface area is 183 Å². The van der Waals surface area contributed by atoms with E-state index in [9.17, 15) is 9.90 Å². The number of phenols is 1. The molecule has 0 aliphatic carbocycles. The molecule has 0 aliphatic heterocycles. The summed E-state index contributed by atoms with van der Waals surface area (Å²) in [7, 11) is 0. The number of halogens is 2. The van der Waals surface area contributed by atoms with Gasteiger partial charge in [0.25, 0.3) is 0 Å². The van der Waals surface area contributed by atoms with Crippen LogP contribution in [0.15, 0.2) is 39.3 Å². The molecular weight excluding hydrogens is 486 g/mol. The number of benzene rings is 2. The molecule has 0 saturated carbocycles. The normalized spacial score (nSPS) is 12.3. The highest BCUT2D eigenvalue weighted by Gasteiger charge is 2.16. The minimum atomic E-state index is -0.00576. The first-order valence-electron chi connectivity index (χ1n) is 9.36. The molecule has 2 rings (SSSR count). The molecular formula is C22H27Br2NO3. The van der Waals surface area contributed by atoms with E-state index in [1.165, 1.54) is 0 Å². The number of amides is 1. The first kappa shape index (κ1) is 22.8. The lowest BCUT2D eigenvalue weighted by Gasteiger charge is -2.18. The number of hydrogen-bond acceptors (Lipinski definition) is 3. The molecule has 0 aromatic heterocycles. The van der Waals surface area contributed by atoms with Crippen molar-refractivity contribution >= 4 is 37.8 Å². The SMILES string of the molecule is CC(C)c1cc(Oc2c(Br)cc(CC(=O)N[C@@H](C)C(C)C)cc2Br)ccc1O. The molecule has 28 heavy (non-hydrogen) atoms. The standard InChI is InChI=1S/C22H27Br2NO3/c1-12(2)14(5)25-21(27)10-15-8-18(23)22(19(24)9-15)28-16-6-7-20(26)17(11-16)13(3)4/h6-9,11-14,26H,10H2,1-5H3,(H,25,27)/t14-/m0/s1. The summed E-state index contributed by atoms with van der Waals surface area (Å²) in [6.07, 6.45) is 0.297. The van der Waals surface area contributed by atoms with E-state index in [1.807, 2.05) is 39.0 Å². The predicted molar refractivity (Wildman–Crippen MR) is 120 cm³/mol. The van der Waals surface area contributed by atoms with Crippen molar-refractivity contribution in [2.75, 3.05) is 0 Å². The van der Waals surface area contributed by atoms with Gasteiger partial charge in [-0.05, 0) is 86.5 Å². The molecule has 2 N–H and O–H groups in total. The second-order valence-corrected chi connectivity index (χ2v) is 9.35. The van der Waals surface area contributed by atoms with Gasteiger partial charge >= 0.3 is 0 Å². The Morgan fingerprint density at radius 1 is 1.07 bits per heavy atom. The van der Waals surface area contributed by atoms with Crippen molar-refractivity contribution in [1.29, 1.82) is 0 Å². The molecule has 0 saturated heterocycles. The van der Waals surface area contributed by atoms with Gasteiger partial charge in [0, 0.05) is 11.6 Å². The van der Waals surface area contributed by atoms with Gasteiger partial charge in [0.05, 0.1) is 15.4 Å². The minimum Gasteiger partial charge on any atom is -0.508 e. The number of ether oxygens (including phenoxy) is 1. The molecule has 152 valence electrons. The maximum Gasteiger partial charge on any atom is 0.224 e. The highest BCUT2D eigenvalue weighted by atomic mass is 79.9. The van der Waals surface area contributed by atoms with E-state index in [0.29, 0.717) is 23.8 Å². The quantitative estimate of drug-likeness (QED) is 0.443. The topological polar surface area (TPSA) is 58.6 Å². The van der Waals surface area contributed by atoms with Crippen LogP contribution in [0, 0.1) is 5.92 Å². The molecule has 2 aromatic carbocycles. The minimum absolute atomic E-state index is 0.00576. The highest BCUT2D eigenvalue weighted by Crippen LogP contribution is 2.39. The van der Waals surface area contributed by atoms with Crippen molar-refractivity contribution in [1.82, 2.24) is 5.32 Å². The first-order valence-corrected chi connectivity index (χ1v) is 10.9. The fourth-order valence-electron chi connectivity index (χ4n) is 2.65. The second-order valence-electron chi connectivity index (χ2n) is 7.64. The molecule has 0 bridgehead atoms. The second kappa shape index (κ2) is 9.79.